The van der Waals surface area contributed by atoms with Crippen molar-refractivity contribution in [2.45, 2.75) is 42.7 Å². The van der Waals surface area contributed by atoms with Gasteiger partial charge in [0.15, 0.2) is 5.65 Å². The Balaban J connectivity index is 1.67. The summed E-state index contributed by atoms with van der Waals surface area (Å²) >= 11 is 0. The summed E-state index contributed by atoms with van der Waals surface area (Å²) < 4.78 is 29.3. The molecule has 0 radical (unpaired) electrons. The summed E-state index contributed by atoms with van der Waals surface area (Å²) in [4.78, 5) is 4.60. The number of nitrogens with two attached hydrogens (primary N) is 1. The number of aromatic nitrogens is 5. The first-order valence-electron chi connectivity index (χ1n) is 9.33. The Bertz CT molecular complexity index is 1250. The summed E-state index contributed by atoms with van der Waals surface area (Å²) in [7, 11) is -3.73. The molecule has 144 valence electrons. The lowest BCUT2D eigenvalue weighted by molar-refractivity contribution is 0.306. The Labute approximate surface area is 162 Å². The van der Waals surface area contributed by atoms with Crippen LogP contribution in [0.15, 0.2) is 53.7 Å². The van der Waals surface area contributed by atoms with Crippen LogP contribution in [-0.4, -0.2) is 38.4 Å². The predicted octanol–water partition coefficient (Wildman–Crippen LogP) is 2.46. The molecule has 1 fully saturated rings. The topological polar surface area (TPSA) is 109 Å². The van der Waals surface area contributed by atoms with Crippen molar-refractivity contribution in [1.82, 2.24) is 24.0 Å². The van der Waals surface area contributed by atoms with E-state index in [1.807, 2.05) is 4.68 Å². The van der Waals surface area contributed by atoms with Crippen LogP contribution in [0.5, 0.6) is 0 Å². The SMILES string of the molecule is NC1CCC(n2nnc3cnc4c(ccn4S(=O)(=O)c4ccccc4)c32)CC1. The highest BCUT2D eigenvalue weighted by Gasteiger charge is 2.26. The maximum Gasteiger partial charge on any atom is 0.269 e. The van der Waals surface area contributed by atoms with Gasteiger partial charge in [-0.2, -0.15) is 0 Å². The molecule has 0 bridgehead atoms. The minimum Gasteiger partial charge on any atom is -0.328 e. The van der Waals surface area contributed by atoms with Crippen LogP contribution < -0.4 is 5.73 Å². The molecule has 0 spiro atoms. The van der Waals surface area contributed by atoms with Crippen LogP contribution in [0.3, 0.4) is 0 Å². The van der Waals surface area contributed by atoms with Gasteiger partial charge in [0.2, 0.25) is 0 Å². The van der Waals surface area contributed by atoms with Crippen LogP contribution in [-0.2, 0) is 10.0 Å². The molecule has 0 unspecified atom stereocenters. The Kier molecular flexibility index (Phi) is 3.95. The molecule has 1 saturated carbocycles. The lowest BCUT2D eigenvalue weighted by Gasteiger charge is -2.26. The van der Waals surface area contributed by atoms with Crippen LogP contribution in [0.2, 0.25) is 0 Å². The molecular formula is C19H20N6O2S. The molecule has 2 N–H and O–H groups in total. The number of hydrogen-bond acceptors (Lipinski definition) is 6. The van der Waals surface area contributed by atoms with Crippen LogP contribution in [0.25, 0.3) is 22.1 Å². The number of benzene rings is 1. The molecule has 0 saturated heterocycles. The van der Waals surface area contributed by atoms with Gasteiger partial charge in [-0.3, -0.25) is 0 Å². The molecule has 8 nitrogen and oxygen atoms in total. The van der Waals surface area contributed by atoms with Crippen molar-refractivity contribution in [2.75, 3.05) is 0 Å². The first-order valence-corrected chi connectivity index (χ1v) is 10.8. The molecule has 0 amide bonds. The van der Waals surface area contributed by atoms with Gasteiger partial charge in [0.1, 0.15) is 11.0 Å². The predicted molar refractivity (Wildman–Crippen MR) is 105 cm³/mol. The van der Waals surface area contributed by atoms with E-state index in [-0.39, 0.29) is 17.0 Å². The zero-order valence-electron chi connectivity index (χ0n) is 15.1. The first-order chi connectivity index (χ1) is 13.6. The average molecular weight is 396 g/mol. The van der Waals surface area contributed by atoms with Crippen molar-refractivity contribution in [3.63, 3.8) is 0 Å². The van der Waals surface area contributed by atoms with Gasteiger partial charge in [-0.25, -0.2) is 22.1 Å². The number of nitrogens with zero attached hydrogens (tertiary/aromatic N) is 5. The molecule has 1 aliphatic carbocycles. The van der Waals surface area contributed by atoms with Crippen molar-refractivity contribution >= 4 is 32.1 Å². The molecule has 1 aromatic carbocycles. The van der Waals surface area contributed by atoms with Gasteiger partial charge in [-0.1, -0.05) is 23.4 Å². The molecule has 28 heavy (non-hydrogen) atoms. The first kappa shape index (κ1) is 17.3. The van der Waals surface area contributed by atoms with Gasteiger partial charge in [0.05, 0.1) is 17.1 Å². The zero-order chi connectivity index (χ0) is 19.3. The third kappa shape index (κ3) is 2.61. The van der Waals surface area contributed by atoms with Gasteiger partial charge in [0.25, 0.3) is 10.0 Å². The fourth-order valence-electron chi connectivity index (χ4n) is 4.00. The van der Waals surface area contributed by atoms with Crippen molar-refractivity contribution in [3.8, 4) is 0 Å². The third-order valence-corrected chi connectivity index (χ3v) is 7.18. The van der Waals surface area contributed by atoms with E-state index in [1.165, 1.54) is 3.97 Å². The van der Waals surface area contributed by atoms with E-state index in [1.54, 1.807) is 48.8 Å². The molecule has 3 aromatic heterocycles. The van der Waals surface area contributed by atoms with Crippen molar-refractivity contribution < 1.29 is 8.42 Å². The second-order valence-electron chi connectivity index (χ2n) is 7.26. The van der Waals surface area contributed by atoms with Crippen molar-refractivity contribution in [3.05, 3.63) is 48.8 Å². The monoisotopic (exact) mass is 396 g/mol. The summed E-state index contributed by atoms with van der Waals surface area (Å²) in [5, 5.41) is 9.34. The van der Waals surface area contributed by atoms with E-state index in [2.05, 4.69) is 15.3 Å². The van der Waals surface area contributed by atoms with E-state index in [0.29, 0.717) is 11.2 Å². The Morgan fingerprint density at radius 1 is 1.04 bits per heavy atom. The van der Waals surface area contributed by atoms with E-state index >= 15 is 0 Å². The summed E-state index contributed by atoms with van der Waals surface area (Å²) in [6, 6.07) is 10.6. The second kappa shape index (κ2) is 6.39. The number of fused-ring (bicyclic) bond motifs is 3. The largest absolute Gasteiger partial charge is 0.328 e. The van der Waals surface area contributed by atoms with Crippen LogP contribution >= 0.6 is 0 Å². The van der Waals surface area contributed by atoms with E-state index < -0.39 is 10.0 Å². The summed E-state index contributed by atoms with van der Waals surface area (Å²) in [6.45, 7) is 0. The molecule has 0 atom stereocenters. The minimum absolute atomic E-state index is 0.212. The highest BCUT2D eigenvalue weighted by Crippen LogP contribution is 2.32. The lowest BCUT2D eigenvalue weighted by Crippen LogP contribution is -2.28. The van der Waals surface area contributed by atoms with E-state index in [0.717, 1.165) is 36.6 Å². The molecule has 1 aliphatic rings. The van der Waals surface area contributed by atoms with Gasteiger partial charge in [-0.15, -0.1) is 5.10 Å². The molecule has 9 heteroatoms. The summed E-state index contributed by atoms with van der Waals surface area (Å²) in [5.74, 6) is 0. The Morgan fingerprint density at radius 2 is 1.79 bits per heavy atom. The van der Waals surface area contributed by atoms with Crippen molar-refractivity contribution in [1.29, 1.82) is 0 Å². The molecule has 3 heterocycles. The summed E-state index contributed by atoms with van der Waals surface area (Å²) in [6.07, 6.45) is 6.91. The van der Waals surface area contributed by atoms with Crippen LogP contribution in [0.4, 0.5) is 0 Å². The normalized spacial score (nSPS) is 20.8. The Hall–Kier alpha value is -2.78. The fourth-order valence-corrected chi connectivity index (χ4v) is 5.32. The third-order valence-electron chi connectivity index (χ3n) is 5.50. The number of hydrogen-bond donors (Lipinski definition) is 1. The molecule has 0 aliphatic heterocycles. The highest BCUT2D eigenvalue weighted by molar-refractivity contribution is 7.90. The van der Waals surface area contributed by atoms with Gasteiger partial charge in [-0.05, 0) is 43.9 Å². The maximum absolute atomic E-state index is 13.1. The van der Waals surface area contributed by atoms with Gasteiger partial charge >= 0.3 is 0 Å². The molecule has 5 rings (SSSR count). The molecule has 4 aromatic rings. The quantitative estimate of drug-likeness (QED) is 0.570. The van der Waals surface area contributed by atoms with Gasteiger partial charge in [0, 0.05) is 17.6 Å². The van der Waals surface area contributed by atoms with Crippen LogP contribution in [0, 0.1) is 0 Å². The maximum atomic E-state index is 13.1. The second-order valence-corrected chi connectivity index (χ2v) is 9.08. The standard InChI is InChI=1S/C19H20N6O2S/c20-13-6-8-14(9-7-13)25-18-16-10-11-24(19(16)21-12-17(18)22-23-25)28(26,27)15-4-2-1-3-5-15/h1-5,10-14H,6-9,20H2. The zero-order valence-corrected chi connectivity index (χ0v) is 16.0. The molecular weight excluding hydrogens is 376 g/mol. The van der Waals surface area contributed by atoms with E-state index in [9.17, 15) is 8.42 Å². The van der Waals surface area contributed by atoms with Crippen LogP contribution in [0.1, 0.15) is 31.7 Å². The average Bonchev–Trinajstić information content (AvgIpc) is 3.33. The number of pyridine rings is 1. The fraction of sp³-hybridized carbons (Fsp3) is 0.316. The number of rotatable bonds is 3. The minimum atomic E-state index is -3.73. The van der Waals surface area contributed by atoms with E-state index in [4.69, 9.17) is 5.73 Å². The smallest absolute Gasteiger partial charge is 0.269 e. The lowest BCUT2D eigenvalue weighted by atomic mass is 9.92. The van der Waals surface area contributed by atoms with Crippen molar-refractivity contribution in [2.24, 2.45) is 5.73 Å². The highest BCUT2D eigenvalue weighted by atomic mass is 32.2. The van der Waals surface area contributed by atoms with Gasteiger partial charge < -0.3 is 5.73 Å². The summed E-state index contributed by atoms with van der Waals surface area (Å²) in [5.41, 5.74) is 7.91. The Morgan fingerprint density at radius 3 is 2.54 bits per heavy atom.